The number of ether oxygens (including phenoxy) is 1. The molecule has 1 saturated heterocycles. The van der Waals surface area contributed by atoms with E-state index in [1.807, 2.05) is 20.8 Å². The van der Waals surface area contributed by atoms with Gasteiger partial charge < -0.3 is 14.7 Å². The topological polar surface area (TPSA) is 62.7 Å². The van der Waals surface area contributed by atoms with Crippen LogP contribution in [0.1, 0.15) is 45.3 Å². The predicted molar refractivity (Wildman–Crippen MR) is 84.7 cm³/mol. The fourth-order valence-electron chi connectivity index (χ4n) is 2.60. The number of carbonyl (C=O) groups is 1. The quantitative estimate of drug-likeness (QED) is 0.904. The summed E-state index contributed by atoms with van der Waals surface area (Å²) in [5.41, 5.74) is 0.213. The number of pyridine rings is 1. The summed E-state index contributed by atoms with van der Waals surface area (Å²) in [5, 5.41) is 11.0. The molecule has 122 valence electrons. The zero-order chi connectivity index (χ0) is 16.3. The highest BCUT2D eigenvalue weighted by molar-refractivity contribution is 6.31. The van der Waals surface area contributed by atoms with Gasteiger partial charge >= 0.3 is 6.09 Å². The van der Waals surface area contributed by atoms with Crippen LogP contribution in [0, 0.1) is 5.92 Å². The predicted octanol–water partition coefficient (Wildman–Crippen LogP) is 3.42. The van der Waals surface area contributed by atoms with E-state index >= 15 is 0 Å². The fourth-order valence-corrected chi connectivity index (χ4v) is 2.84. The van der Waals surface area contributed by atoms with E-state index in [2.05, 4.69) is 4.98 Å². The first-order valence-corrected chi connectivity index (χ1v) is 7.91. The van der Waals surface area contributed by atoms with Gasteiger partial charge in [0, 0.05) is 31.0 Å². The van der Waals surface area contributed by atoms with Gasteiger partial charge in [0.25, 0.3) is 0 Å². The fraction of sp³-hybridized carbons (Fsp3) is 0.625. The normalized spacial score (nSPS) is 18.1. The highest BCUT2D eigenvalue weighted by Crippen LogP contribution is 2.34. The highest BCUT2D eigenvalue weighted by atomic mass is 35.5. The lowest BCUT2D eigenvalue weighted by molar-refractivity contribution is 0.00767. The van der Waals surface area contributed by atoms with Crippen molar-refractivity contribution in [1.29, 1.82) is 0 Å². The Bertz CT molecular complexity index is 522. The monoisotopic (exact) mass is 326 g/mol. The SMILES string of the molecule is CC(C)(C)OC(=O)N1CCC(C(O)c2ccncc2Cl)CC1. The van der Waals surface area contributed by atoms with Crippen LogP contribution in [0.15, 0.2) is 18.5 Å². The van der Waals surface area contributed by atoms with Crippen molar-refractivity contribution in [3.8, 4) is 0 Å². The molecular formula is C16H23ClN2O3. The molecule has 0 spiro atoms. The average molecular weight is 327 g/mol. The number of amides is 1. The number of halogens is 1. The molecule has 1 unspecified atom stereocenters. The molecule has 0 radical (unpaired) electrons. The number of aliphatic hydroxyl groups is 1. The van der Waals surface area contributed by atoms with Gasteiger partial charge in [-0.05, 0) is 45.6 Å². The van der Waals surface area contributed by atoms with Gasteiger partial charge in [0.15, 0.2) is 0 Å². The largest absolute Gasteiger partial charge is 0.444 e. The Morgan fingerprint density at radius 1 is 1.45 bits per heavy atom. The molecule has 0 aliphatic carbocycles. The molecule has 6 heteroatoms. The van der Waals surface area contributed by atoms with Crippen LogP contribution < -0.4 is 0 Å². The van der Waals surface area contributed by atoms with E-state index in [-0.39, 0.29) is 12.0 Å². The van der Waals surface area contributed by atoms with Crippen LogP contribution in [-0.4, -0.2) is 39.8 Å². The maximum Gasteiger partial charge on any atom is 0.410 e. The Morgan fingerprint density at radius 3 is 2.64 bits per heavy atom. The Kier molecular flexibility index (Phi) is 5.29. The lowest BCUT2D eigenvalue weighted by Gasteiger charge is -2.35. The summed E-state index contributed by atoms with van der Waals surface area (Å²) >= 11 is 6.08. The number of aromatic nitrogens is 1. The molecule has 1 N–H and O–H groups in total. The van der Waals surface area contributed by atoms with Crippen LogP contribution in [0.25, 0.3) is 0 Å². The molecule has 0 bridgehead atoms. The van der Waals surface area contributed by atoms with Crippen molar-refractivity contribution < 1.29 is 14.6 Å². The lowest BCUT2D eigenvalue weighted by atomic mass is 9.88. The molecule has 2 heterocycles. The van der Waals surface area contributed by atoms with Crippen molar-refractivity contribution in [2.24, 2.45) is 5.92 Å². The van der Waals surface area contributed by atoms with E-state index in [9.17, 15) is 9.90 Å². The maximum absolute atomic E-state index is 12.0. The van der Waals surface area contributed by atoms with Crippen molar-refractivity contribution >= 4 is 17.7 Å². The molecule has 1 aromatic heterocycles. The first-order chi connectivity index (χ1) is 10.3. The average Bonchev–Trinajstić information content (AvgIpc) is 2.45. The van der Waals surface area contributed by atoms with Crippen LogP contribution in [0.4, 0.5) is 4.79 Å². The van der Waals surface area contributed by atoms with Gasteiger partial charge in [-0.3, -0.25) is 4.98 Å². The second kappa shape index (κ2) is 6.84. The van der Waals surface area contributed by atoms with Gasteiger partial charge in [0.1, 0.15) is 5.60 Å². The number of hydrogen-bond donors (Lipinski definition) is 1. The van der Waals surface area contributed by atoms with Crippen molar-refractivity contribution in [1.82, 2.24) is 9.88 Å². The molecule has 1 aliphatic rings. The number of nitrogens with zero attached hydrogens (tertiary/aromatic N) is 2. The summed E-state index contributed by atoms with van der Waals surface area (Å²) in [6.45, 7) is 6.73. The Morgan fingerprint density at radius 2 is 2.09 bits per heavy atom. The number of rotatable bonds is 2. The van der Waals surface area contributed by atoms with Crippen LogP contribution in [0.5, 0.6) is 0 Å². The smallest absolute Gasteiger partial charge is 0.410 e. The summed E-state index contributed by atoms with van der Waals surface area (Å²) in [7, 11) is 0. The van der Waals surface area contributed by atoms with E-state index < -0.39 is 11.7 Å². The summed E-state index contributed by atoms with van der Waals surface area (Å²) in [6.07, 6.45) is 3.69. The Labute approximate surface area is 136 Å². The van der Waals surface area contributed by atoms with Gasteiger partial charge in [-0.15, -0.1) is 0 Å². The second-order valence-corrected chi connectivity index (χ2v) is 7.05. The lowest BCUT2D eigenvalue weighted by Crippen LogP contribution is -2.42. The maximum atomic E-state index is 12.0. The molecule has 1 aromatic rings. The van der Waals surface area contributed by atoms with Gasteiger partial charge in [-0.25, -0.2) is 4.79 Å². The van der Waals surface area contributed by atoms with Crippen molar-refractivity contribution in [2.75, 3.05) is 13.1 Å². The minimum atomic E-state index is -0.628. The van der Waals surface area contributed by atoms with E-state index in [1.54, 1.807) is 17.2 Å². The third-order valence-corrected chi connectivity index (χ3v) is 4.08. The van der Waals surface area contributed by atoms with Crippen LogP contribution in [0.2, 0.25) is 5.02 Å². The molecule has 5 nitrogen and oxygen atoms in total. The van der Waals surface area contributed by atoms with Crippen molar-refractivity contribution in [2.45, 2.75) is 45.3 Å². The van der Waals surface area contributed by atoms with Crippen LogP contribution >= 0.6 is 11.6 Å². The van der Waals surface area contributed by atoms with Crippen LogP contribution in [0.3, 0.4) is 0 Å². The second-order valence-electron chi connectivity index (χ2n) is 6.65. The van der Waals surface area contributed by atoms with Gasteiger partial charge in [0.05, 0.1) is 11.1 Å². The van der Waals surface area contributed by atoms with Gasteiger partial charge in [-0.2, -0.15) is 0 Å². The molecule has 0 saturated carbocycles. The van der Waals surface area contributed by atoms with Gasteiger partial charge in [-0.1, -0.05) is 11.6 Å². The summed E-state index contributed by atoms with van der Waals surface area (Å²) in [5.74, 6) is 0.0820. The zero-order valence-electron chi connectivity index (χ0n) is 13.3. The van der Waals surface area contributed by atoms with Crippen molar-refractivity contribution in [3.05, 3.63) is 29.0 Å². The number of hydrogen-bond acceptors (Lipinski definition) is 4. The standard InChI is InChI=1S/C16H23ClN2O3/c1-16(2,3)22-15(21)19-8-5-11(6-9-19)14(20)12-4-7-18-10-13(12)17/h4,7,10-11,14,20H,5-6,8-9H2,1-3H3. The number of piperidine rings is 1. The minimum absolute atomic E-state index is 0.0820. The molecule has 1 atom stereocenters. The molecular weight excluding hydrogens is 304 g/mol. The third kappa shape index (κ3) is 4.34. The van der Waals surface area contributed by atoms with Crippen LogP contribution in [-0.2, 0) is 4.74 Å². The molecule has 1 aliphatic heterocycles. The summed E-state index contributed by atoms with van der Waals surface area (Å²) in [4.78, 5) is 17.7. The van der Waals surface area contributed by atoms with E-state index in [1.165, 1.54) is 6.20 Å². The molecule has 22 heavy (non-hydrogen) atoms. The number of aliphatic hydroxyl groups excluding tert-OH is 1. The summed E-state index contributed by atoms with van der Waals surface area (Å²) < 4.78 is 5.37. The summed E-state index contributed by atoms with van der Waals surface area (Å²) in [6, 6.07) is 1.74. The number of likely N-dealkylation sites (tertiary alicyclic amines) is 1. The van der Waals surface area contributed by atoms with E-state index in [4.69, 9.17) is 16.3 Å². The van der Waals surface area contributed by atoms with Crippen molar-refractivity contribution in [3.63, 3.8) is 0 Å². The van der Waals surface area contributed by atoms with E-state index in [0.29, 0.717) is 23.7 Å². The highest BCUT2D eigenvalue weighted by Gasteiger charge is 2.31. The molecule has 1 fully saturated rings. The molecule has 0 aromatic carbocycles. The number of carbonyl (C=O) groups excluding carboxylic acids is 1. The molecule has 1 amide bonds. The Hall–Kier alpha value is -1.33. The van der Waals surface area contributed by atoms with E-state index in [0.717, 1.165) is 12.8 Å². The third-order valence-electron chi connectivity index (χ3n) is 3.76. The first-order valence-electron chi connectivity index (χ1n) is 7.53. The molecule has 2 rings (SSSR count). The Balaban J connectivity index is 1.92. The zero-order valence-corrected chi connectivity index (χ0v) is 14.0. The first kappa shape index (κ1) is 17.0. The minimum Gasteiger partial charge on any atom is -0.444 e. The van der Waals surface area contributed by atoms with Gasteiger partial charge in [0.2, 0.25) is 0 Å².